The summed E-state index contributed by atoms with van der Waals surface area (Å²) in [6.45, 7) is 0. The van der Waals surface area contributed by atoms with Crippen LogP contribution in [-0.4, -0.2) is 19.9 Å². The fourth-order valence-corrected chi connectivity index (χ4v) is 9.24. The fourth-order valence-electron chi connectivity index (χ4n) is 8.01. The third-order valence-electron chi connectivity index (χ3n) is 11.0. The predicted molar refractivity (Wildman–Crippen MR) is 246 cm³/mol. The van der Waals surface area contributed by atoms with E-state index in [1.165, 1.54) is 15.5 Å². The second kappa shape index (κ2) is 14.7. The molecule has 8 aromatic carbocycles. The van der Waals surface area contributed by atoms with Gasteiger partial charge in [0.15, 0.2) is 17.5 Å². The molecular formula is C54H34N4S. The average molecular weight is 771 g/mol. The van der Waals surface area contributed by atoms with Crippen molar-refractivity contribution in [3.05, 3.63) is 206 Å². The Balaban J connectivity index is 1.08. The maximum Gasteiger partial charge on any atom is 0.164 e. The van der Waals surface area contributed by atoms with Gasteiger partial charge in [-0.05, 0) is 39.9 Å². The Labute approximate surface area is 345 Å². The molecule has 3 heterocycles. The smallest absolute Gasteiger partial charge is 0.164 e. The molecule has 11 rings (SSSR count). The monoisotopic (exact) mass is 770 g/mol. The van der Waals surface area contributed by atoms with Crippen molar-refractivity contribution in [3.63, 3.8) is 0 Å². The van der Waals surface area contributed by atoms with Crippen molar-refractivity contribution in [3.8, 4) is 78.8 Å². The number of pyridine rings is 1. The Morgan fingerprint density at radius 2 is 0.746 bits per heavy atom. The third kappa shape index (κ3) is 6.44. The molecule has 4 nitrogen and oxygen atoms in total. The van der Waals surface area contributed by atoms with E-state index >= 15 is 0 Å². The first kappa shape index (κ1) is 34.6. The number of benzene rings is 8. The summed E-state index contributed by atoms with van der Waals surface area (Å²) in [7, 11) is 0. The van der Waals surface area contributed by atoms with Crippen molar-refractivity contribution in [2.75, 3.05) is 0 Å². The molecule has 0 amide bonds. The van der Waals surface area contributed by atoms with Gasteiger partial charge in [-0.2, -0.15) is 0 Å². The summed E-state index contributed by atoms with van der Waals surface area (Å²) in [4.78, 5) is 20.9. The summed E-state index contributed by atoms with van der Waals surface area (Å²) >= 11 is 1.80. The Kier molecular flexibility index (Phi) is 8.64. The molecule has 3 aromatic heterocycles. The van der Waals surface area contributed by atoms with Crippen molar-refractivity contribution in [1.82, 2.24) is 19.9 Å². The first-order valence-electron chi connectivity index (χ1n) is 19.7. The number of hydrogen-bond acceptors (Lipinski definition) is 5. The number of thiophene rings is 1. The van der Waals surface area contributed by atoms with E-state index in [9.17, 15) is 0 Å². The van der Waals surface area contributed by atoms with E-state index in [2.05, 4.69) is 194 Å². The summed E-state index contributed by atoms with van der Waals surface area (Å²) in [5, 5.41) is 3.63. The highest BCUT2D eigenvalue weighted by atomic mass is 32.1. The maximum absolute atomic E-state index is 5.53. The van der Waals surface area contributed by atoms with Crippen LogP contribution in [0, 0.1) is 0 Å². The summed E-state index contributed by atoms with van der Waals surface area (Å²) in [6, 6.07) is 72.0. The SMILES string of the molecule is c1ccc(-c2ccc(-c3nc(-c4ccc(-c5ccccc5)cc4)nc(-c4cccc(-c5nc6c(-c7ccccc7)cccc6c6c5sc5ccccc56)c4)n3)cc2)cc1. The fraction of sp³-hybridized carbons (Fsp3) is 0. The van der Waals surface area contributed by atoms with Crippen molar-refractivity contribution in [2.24, 2.45) is 0 Å². The van der Waals surface area contributed by atoms with E-state index in [4.69, 9.17) is 19.9 Å². The lowest BCUT2D eigenvalue weighted by molar-refractivity contribution is 1.07. The average Bonchev–Trinajstić information content (AvgIpc) is 3.72. The van der Waals surface area contributed by atoms with Crippen LogP contribution in [0.5, 0.6) is 0 Å². The maximum atomic E-state index is 5.53. The van der Waals surface area contributed by atoms with Crippen LogP contribution in [0.2, 0.25) is 0 Å². The molecule has 0 radical (unpaired) electrons. The Hall–Kier alpha value is -7.60. The minimum Gasteiger partial charge on any atom is -0.246 e. The lowest BCUT2D eigenvalue weighted by Crippen LogP contribution is -2.00. The lowest BCUT2D eigenvalue weighted by Gasteiger charge is -2.13. The Bertz CT molecular complexity index is 3190. The van der Waals surface area contributed by atoms with Crippen molar-refractivity contribution >= 4 is 42.4 Å². The first-order chi connectivity index (χ1) is 29.2. The van der Waals surface area contributed by atoms with Gasteiger partial charge in [0.05, 0.1) is 15.9 Å². The molecular weight excluding hydrogens is 737 g/mol. The van der Waals surface area contributed by atoms with E-state index in [0.717, 1.165) is 76.9 Å². The van der Waals surface area contributed by atoms with Crippen LogP contribution >= 0.6 is 11.3 Å². The predicted octanol–water partition coefficient (Wildman–Crippen LogP) is 14.5. The number of hydrogen-bond donors (Lipinski definition) is 0. The van der Waals surface area contributed by atoms with Crippen LogP contribution in [0.4, 0.5) is 0 Å². The van der Waals surface area contributed by atoms with Gasteiger partial charge in [-0.25, -0.2) is 19.9 Å². The van der Waals surface area contributed by atoms with Gasteiger partial charge in [0.2, 0.25) is 0 Å². The molecule has 276 valence electrons. The van der Waals surface area contributed by atoms with Crippen molar-refractivity contribution < 1.29 is 0 Å². The molecule has 0 aliphatic heterocycles. The quantitative estimate of drug-likeness (QED) is 0.162. The molecule has 0 aliphatic rings. The molecule has 0 unspecified atom stereocenters. The molecule has 0 atom stereocenters. The minimum atomic E-state index is 0.601. The number of nitrogens with zero attached hydrogens (tertiary/aromatic N) is 4. The summed E-state index contributed by atoms with van der Waals surface area (Å²) in [5.41, 5.74) is 12.5. The Morgan fingerprint density at radius 3 is 1.36 bits per heavy atom. The van der Waals surface area contributed by atoms with E-state index < -0.39 is 0 Å². The highest BCUT2D eigenvalue weighted by Gasteiger charge is 2.20. The van der Waals surface area contributed by atoms with Gasteiger partial charge < -0.3 is 0 Å². The number of rotatable bonds is 7. The molecule has 0 bridgehead atoms. The van der Waals surface area contributed by atoms with Gasteiger partial charge in [-0.1, -0.05) is 194 Å². The normalized spacial score (nSPS) is 11.4. The molecule has 11 aromatic rings. The van der Waals surface area contributed by atoms with Crippen LogP contribution in [0.25, 0.3) is 110 Å². The molecule has 0 spiro atoms. The summed E-state index contributed by atoms with van der Waals surface area (Å²) in [5.74, 6) is 1.83. The van der Waals surface area contributed by atoms with E-state index in [-0.39, 0.29) is 0 Å². The zero-order valence-electron chi connectivity index (χ0n) is 31.8. The minimum absolute atomic E-state index is 0.601. The molecule has 0 aliphatic carbocycles. The lowest BCUT2D eigenvalue weighted by atomic mass is 9.97. The zero-order valence-corrected chi connectivity index (χ0v) is 32.6. The van der Waals surface area contributed by atoms with Crippen LogP contribution in [0.15, 0.2) is 206 Å². The van der Waals surface area contributed by atoms with E-state index in [1.807, 2.05) is 12.1 Å². The van der Waals surface area contributed by atoms with E-state index in [1.54, 1.807) is 11.3 Å². The van der Waals surface area contributed by atoms with Gasteiger partial charge in [-0.3, -0.25) is 0 Å². The summed E-state index contributed by atoms with van der Waals surface area (Å²) in [6.07, 6.45) is 0. The third-order valence-corrected chi connectivity index (χ3v) is 12.1. The van der Waals surface area contributed by atoms with Gasteiger partial charge in [-0.15, -0.1) is 11.3 Å². The van der Waals surface area contributed by atoms with Crippen LogP contribution in [0.3, 0.4) is 0 Å². The van der Waals surface area contributed by atoms with Crippen LogP contribution < -0.4 is 0 Å². The zero-order chi connectivity index (χ0) is 39.1. The van der Waals surface area contributed by atoms with Gasteiger partial charge >= 0.3 is 0 Å². The van der Waals surface area contributed by atoms with Crippen LogP contribution in [0.1, 0.15) is 0 Å². The molecule has 0 fully saturated rings. The van der Waals surface area contributed by atoms with E-state index in [0.29, 0.717) is 17.5 Å². The second-order valence-electron chi connectivity index (χ2n) is 14.6. The molecule has 5 heteroatoms. The Morgan fingerprint density at radius 1 is 0.305 bits per heavy atom. The molecule has 0 N–H and O–H groups in total. The van der Waals surface area contributed by atoms with Gasteiger partial charge in [0.1, 0.15) is 0 Å². The molecule has 0 saturated carbocycles. The molecule has 59 heavy (non-hydrogen) atoms. The number of aromatic nitrogens is 4. The van der Waals surface area contributed by atoms with Crippen molar-refractivity contribution in [2.45, 2.75) is 0 Å². The number of para-hydroxylation sites is 1. The van der Waals surface area contributed by atoms with Crippen LogP contribution in [-0.2, 0) is 0 Å². The summed E-state index contributed by atoms with van der Waals surface area (Å²) < 4.78 is 2.40. The molecule has 0 saturated heterocycles. The largest absolute Gasteiger partial charge is 0.246 e. The number of fused-ring (bicyclic) bond motifs is 5. The van der Waals surface area contributed by atoms with Crippen molar-refractivity contribution in [1.29, 1.82) is 0 Å². The van der Waals surface area contributed by atoms with Gasteiger partial charge in [0, 0.05) is 48.7 Å². The highest BCUT2D eigenvalue weighted by Crippen LogP contribution is 2.45. The topological polar surface area (TPSA) is 51.6 Å². The standard InChI is InChI=1S/C54H34N4S/c1-4-14-35(15-5-1)37-26-30-40(31-27-37)52-56-53(41-32-28-38(29-33-41)36-16-6-2-7-17-36)58-54(57-52)43-21-12-20-42(34-43)49-51-48(45-22-10-11-25-47(45)59-51)46-24-13-23-44(50(46)55-49)39-18-8-3-9-19-39/h1-34H. The van der Waals surface area contributed by atoms with Gasteiger partial charge in [0.25, 0.3) is 0 Å². The second-order valence-corrected chi connectivity index (χ2v) is 15.7. The first-order valence-corrected chi connectivity index (χ1v) is 20.5. The highest BCUT2D eigenvalue weighted by molar-refractivity contribution is 7.26.